The molecule has 1 aromatic heterocycles. The highest BCUT2D eigenvalue weighted by Gasteiger charge is 2.15. The van der Waals surface area contributed by atoms with Gasteiger partial charge < -0.3 is 20.3 Å². The van der Waals surface area contributed by atoms with Gasteiger partial charge in [0.15, 0.2) is 6.61 Å². The molecule has 1 fully saturated rings. The summed E-state index contributed by atoms with van der Waals surface area (Å²) in [6, 6.07) is 17.1. The molecule has 0 saturated carbocycles. The van der Waals surface area contributed by atoms with Crippen LogP contribution in [0.15, 0.2) is 54.6 Å². The Morgan fingerprint density at radius 2 is 1.65 bits per heavy atom. The second-order valence-electron chi connectivity index (χ2n) is 7.71. The van der Waals surface area contributed by atoms with Crippen molar-refractivity contribution in [1.29, 1.82) is 0 Å². The number of ether oxygens (including phenoxy) is 1. The van der Waals surface area contributed by atoms with Gasteiger partial charge in [-0.25, -0.2) is 9.97 Å². The first kappa shape index (κ1) is 20.7. The van der Waals surface area contributed by atoms with E-state index in [1.807, 2.05) is 68.4 Å². The number of nitrogens with zero attached hydrogens (tertiary/aromatic N) is 3. The molecule has 1 aliphatic rings. The monoisotopic (exact) mass is 417 g/mol. The molecule has 0 unspecified atom stereocenters. The Kier molecular flexibility index (Phi) is 6.31. The first-order valence-electron chi connectivity index (χ1n) is 10.5. The fourth-order valence-electron chi connectivity index (χ4n) is 3.49. The van der Waals surface area contributed by atoms with Crippen LogP contribution in [-0.4, -0.2) is 35.6 Å². The molecule has 0 radical (unpaired) electrons. The molecule has 1 aliphatic heterocycles. The Morgan fingerprint density at radius 1 is 0.968 bits per heavy atom. The van der Waals surface area contributed by atoms with E-state index >= 15 is 0 Å². The van der Waals surface area contributed by atoms with E-state index in [1.54, 1.807) is 0 Å². The first-order chi connectivity index (χ1) is 15.0. The summed E-state index contributed by atoms with van der Waals surface area (Å²) in [5.41, 5.74) is 2.74. The van der Waals surface area contributed by atoms with E-state index in [0.29, 0.717) is 11.4 Å². The average Bonchev–Trinajstić information content (AvgIpc) is 3.29. The topological polar surface area (TPSA) is 79.4 Å². The van der Waals surface area contributed by atoms with Crippen molar-refractivity contribution in [3.63, 3.8) is 0 Å². The van der Waals surface area contributed by atoms with Crippen molar-refractivity contribution in [3.8, 4) is 5.75 Å². The molecule has 2 heterocycles. The number of rotatable bonds is 7. The van der Waals surface area contributed by atoms with Crippen LogP contribution in [0.1, 0.15) is 24.2 Å². The van der Waals surface area contributed by atoms with Crippen molar-refractivity contribution in [3.05, 3.63) is 66.0 Å². The number of aryl methyl sites for hydroxylation is 2. The molecular weight excluding hydrogens is 390 g/mol. The summed E-state index contributed by atoms with van der Waals surface area (Å²) >= 11 is 0. The molecule has 2 aromatic carbocycles. The van der Waals surface area contributed by atoms with Crippen molar-refractivity contribution in [1.82, 2.24) is 9.97 Å². The Bertz CT molecular complexity index is 1030. The summed E-state index contributed by atoms with van der Waals surface area (Å²) < 4.78 is 5.52. The van der Waals surface area contributed by atoms with Gasteiger partial charge in [-0.1, -0.05) is 17.7 Å². The minimum atomic E-state index is -0.206. The van der Waals surface area contributed by atoms with E-state index < -0.39 is 0 Å². The number of hydrogen-bond donors (Lipinski definition) is 2. The van der Waals surface area contributed by atoms with E-state index in [1.165, 1.54) is 12.8 Å². The lowest BCUT2D eigenvalue weighted by Crippen LogP contribution is -2.20. The maximum Gasteiger partial charge on any atom is 0.262 e. The Balaban J connectivity index is 1.33. The van der Waals surface area contributed by atoms with Crippen LogP contribution >= 0.6 is 0 Å². The third-order valence-electron chi connectivity index (χ3n) is 5.09. The van der Waals surface area contributed by atoms with Crippen molar-refractivity contribution in [2.75, 3.05) is 35.2 Å². The van der Waals surface area contributed by atoms with Gasteiger partial charge in [-0.2, -0.15) is 0 Å². The van der Waals surface area contributed by atoms with Crippen LogP contribution in [-0.2, 0) is 4.79 Å². The lowest BCUT2D eigenvalue weighted by atomic mass is 10.2. The lowest BCUT2D eigenvalue weighted by molar-refractivity contribution is -0.118. The van der Waals surface area contributed by atoms with Gasteiger partial charge in [0, 0.05) is 30.5 Å². The van der Waals surface area contributed by atoms with Crippen LogP contribution in [0.4, 0.5) is 23.0 Å². The van der Waals surface area contributed by atoms with E-state index in [2.05, 4.69) is 25.5 Å². The largest absolute Gasteiger partial charge is 0.484 e. The Morgan fingerprint density at radius 3 is 2.35 bits per heavy atom. The SMILES string of the molecule is Cc1ccc(OCC(=O)Nc2ccc(Nc3cc(N4CCCC4)nc(C)n3)cc2)cc1. The number of amides is 1. The third-order valence-corrected chi connectivity index (χ3v) is 5.09. The van der Waals surface area contributed by atoms with Gasteiger partial charge in [0.2, 0.25) is 0 Å². The zero-order valence-corrected chi connectivity index (χ0v) is 17.9. The highest BCUT2D eigenvalue weighted by molar-refractivity contribution is 5.92. The number of anilines is 4. The molecule has 0 aliphatic carbocycles. The van der Waals surface area contributed by atoms with Crippen molar-refractivity contribution >= 4 is 28.9 Å². The minimum absolute atomic E-state index is 0.0391. The second-order valence-corrected chi connectivity index (χ2v) is 7.71. The predicted molar refractivity (Wildman–Crippen MR) is 123 cm³/mol. The highest BCUT2D eigenvalue weighted by atomic mass is 16.5. The maximum absolute atomic E-state index is 12.2. The molecule has 1 saturated heterocycles. The summed E-state index contributed by atoms with van der Waals surface area (Å²) in [6.45, 7) is 5.95. The normalized spacial score (nSPS) is 13.2. The molecule has 0 atom stereocenters. The van der Waals surface area contributed by atoms with Crippen LogP contribution in [0.3, 0.4) is 0 Å². The molecule has 3 aromatic rings. The Labute approximate surface area is 182 Å². The van der Waals surface area contributed by atoms with Crippen LogP contribution < -0.4 is 20.3 Å². The molecular formula is C24H27N5O2. The minimum Gasteiger partial charge on any atom is -0.484 e. The van der Waals surface area contributed by atoms with Crippen LogP contribution in [0.2, 0.25) is 0 Å². The van der Waals surface area contributed by atoms with Crippen molar-refractivity contribution < 1.29 is 9.53 Å². The van der Waals surface area contributed by atoms with Gasteiger partial charge in [0.1, 0.15) is 23.2 Å². The summed E-state index contributed by atoms with van der Waals surface area (Å²) in [5, 5.41) is 6.17. The fourth-order valence-corrected chi connectivity index (χ4v) is 3.49. The van der Waals surface area contributed by atoms with E-state index in [0.717, 1.165) is 41.8 Å². The third kappa shape index (κ3) is 5.72. The summed E-state index contributed by atoms with van der Waals surface area (Å²) in [6.07, 6.45) is 2.41. The van der Waals surface area contributed by atoms with Crippen molar-refractivity contribution in [2.24, 2.45) is 0 Å². The molecule has 7 nitrogen and oxygen atoms in total. The number of hydrogen-bond acceptors (Lipinski definition) is 6. The van der Waals surface area contributed by atoms with E-state index in [9.17, 15) is 4.79 Å². The predicted octanol–water partition coefficient (Wildman–Crippen LogP) is 4.45. The van der Waals surface area contributed by atoms with E-state index in [-0.39, 0.29) is 12.5 Å². The van der Waals surface area contributed by atoms with Gasteiger partial charge in [0.05, 0.1) is 0 Å². The smallest absolute Gasteiger partial charge is 0.262 e. The zero-order chi connectivity index (χ0) is 21.6. The molecule has 0 spiro atoms. The fraction of sp³-hybridized carbons (Fsp3) is 0.292. The van der Waals surface area contributed by atoms with Gasteiger partial charge in [-0.05, 0) is 63.1 Å². The van der Waals surface area contributed by atoms with Gasteiger partial charge >= 0.3 is 0 Å². The van der Waals surface area contributed by atoms with Gasteiger partial charge in [-0.15, -0.1) is 0 Å². The second kappa shape index (κ2) is 9.47. The van der Waals surface area contributed by atoms with E-state index in [4.69, 9.17) is 4.74 Å². The maximum atomic E-state index is 12.2. The first-order valence-corrected chi connectivity index (χ1v) is 10.5. The number of carbonyl (C=O) groups excluding carboxylic acids is 1. The number of benzene rings is 2. The number of nitrogens with one attached hydrogen (secondary N) is 2. The quantitative estimate of drug-likeness (QED) is 0.591. The molecule has 31 heavy (non-hydrogen) atoms. The molecule has 160 valence electrons. The summed E-state index contributed by atoms with van der Waals surface area (Å²) in [7, 11) is 0. The Hall–Kier alpha value is -3.61. The number of aromatic nitrogens is 2. The summed E-state index contributed by atoms with van der Waals surface area (Å²) in [4.78, 5) is 23.5. The average molecular weight is 418 g/mol. The van der Waals surface area contributed by atoms with Crippen LogP contribution in [0.5, 0.6) is 5.75 Å². The number of carbonyl (C=O) groups is 1. The molecule has 2 N–H and O–H groups in total. The lowest BCUT2D eigenvalue weighted by Gasteiger charge is -2.18. The molecule has 4 rings (SSSR count). The van der Waals surface area contributed by atoms with Crippen LogP contribution in [0, 0.1) is 13.8 Å². The molecule has 1 amide bonds. The van der Waals surface area contributed by atoms with Crippen molar-refractivity contribution in [2.45, 2.75) is 26.7 Å². The molecule has 7 heteroatoms. The van der Waals surface area contributed by atoms with Crippen LogP contribution in [0.25, 0.3) is 0 Å². The highest BCUT2D eigenvalue weighted by Crippen LogP contribution is 2.23. The standard InChI is InChI=1S/C24H27N5O2/c1-17-5-11-21(12-6-17)31-16-24(30)28-20-9-7-19(8-10-20)27-22-15-23(26-18(2)25-22)29-13-3-4-14-29/h5-12,15H,3-4,13-14,16H2,1-2H3,(H,28,30)(H,25,26,27). The summed E-state index contributed by atoms with van der Waals surface area (Å²) in [5.74, 6) is 2.93. The van der Waals surface area contributed by atoms with Gasteiger partial charge in [0.25, 0.3) is 5.91 Å². The molecule has 0 bridgehead atoms. The zero-order valence-electron chi connectivity index (χ0n) is 17.9. The van der Waals surface area contributed by atoms with Gasteiger partial charge in [-0.3, -0.25) is 4.79 Å².